The van der Waals surface area contributed by atoms with Crippen LogP contribution in [0.15, 0.2) is 42.6 Å². The summed E-state index contributed by atoms with van der Waals surface area (Å²) < 4.78 is 0. The van der Waals surface area contributed by atoms with Gasteiger partial charge in [0, 0.05) is 11.9 Å². The Kier molecular flexibility index (Phi) is 8.73. The number of benzene rings is 1. The number of aromatic nitrogens is 1. The number of aromatic amines is 1. The molecular weight excluding hydrogens is 218 g/mol. The third-order valence-corrected chi connectivity index (χ3v) is 2.50. The smallest absolute Gasteiger partial charge is 0.0115 e. The van der Waals surface area contributed by atoms with Crippen molar-refractivity contribution in [1.82, 2.24) is 4.98 Å². The van der Waals surface area contributed by atoms with E-state index in [2.05, 4.69) is 50.0 Å². The summed E-state index contributed by atoms with van der Waals surface area (Å²) in [6.45, 7) is 12.6. The second-order valence-electron chi connectivity index (χ2n) is 4.42. The average molecular weight is 245 g/mol. The van der Waals surface area contributed by atoms with Gasteiger partial charge in [-0.15, -0.1) is 0 Å². The molecule has 0 radical (unpaired) electrons. The fourth-order valence-corrected chi connectivity index (χ4v) is 1.37. The van der Waals surface area contributed by atoms with Crippen molar-refractivity contribution in [2.24, 2.45) is 0 Å². The fourth-order valence-electron chi connectivity index (χ4n) is 1.37. The molecule has 1 N–H and O–H groups in total. The zero-order valence-corrected chi connectivity index (χ0v) is 12.6. The van der Waals surface area contributed by atoms with E-state index in [0.717, 1.165) is 0 Å². The topological polar surface area (TPSA) is 15.8 Å². The highest BCUT2D eigenvalue weighted by molar-refractivity contribution is 5.23. The Hall–Kier alpha value is -1.50. The molecule has 1 aromatic heterocycles. The van der Waals surface area contributed by atoms with Gasteiger partial charge in [-0.3, -0.25) is 0 Å². The monoisotopic (exact) mass is 245 g/mol. The molecule has 2 aromatic rings. The number of aryl methyl sites for hydroxylation is 2. The highest BCUT2D eigenvalue weighted by atomic mass is 14.7. The Bertz CT molecular complexity index is 382. The minimum absolute atomic E-state index is 0.653. The Labute approximate surface area is 112 Å². The van der Waals surface area contributed by atoms with Gasteiger partial charge in [0.1, 0.15) is 0 Å². The van der Waals surface area contributed by atoms with Gasteiger partial charge in [-0.05, 0) is 37.5 Å². The minimum atomic E-state index is 0.653. The molecule has 0 amide bonds. The molecule has 0 spiro atoms. The van der Waals surface area contributed by atoms with E-state index in [1.807, 2.05) is 39.1 Å². The first-order chi connectivity index (χ1) is 8.59. The van der Waals surface area contributed by atoms with Crippen LogP contribution in [0.4, 0.5) is 0 Å². The van der Waals surface area contributed by atoms with E-state index in [0.29, 0.717) is 5.92 Å². The summed E-state index contributed by atoms with van der Waals surface area (Å²) in [5.74, 6) is 0.653. The first-order valence-corrected chi connectivity index (χ1v) is 6.76. The van der Waals surface area contributed by atoms with Gasteiger partial charge in [0.2, 0.25) is 0 Å². The van der Waals surface area contributed by atoms with Crippen LogP contribution in [0.3, 0.4) is 0 Å². The summed E-state index contributed by atoms with van der Waals surface area (Å²) in [7, 11) is 0. The Balaban J connectivity index is 0.000000308. The number of hydrogen-bond donors (Lipinski definition) is 1. The predicted molar refractivity (Wildman–Crippen MR) is 82.1 cm³/mol. The summed E-state index contributed by atoms with van der Waals surface area (Å²) in [6.07, 6.45) is 1.91. The van der Waals surface area contributed by atoms with Gasteiger partial charge >= 0.3 is 0 Å². The van der Waals surface area contributed by atoms with Crippen molar-refractivity contribution < 1.29 is 0 Å². The maximum Gasteiger partial charge on any atom is 0.0115 e. The van der Waals surface area contributed by atoms with E-state index in [1.165, 1.54) is 16.8 Å². The second kappa shape index (κ2) is 9.52. The van der Waals surface area contributed by atoms with Crippen molar-refractivity contribution in [3.05, 3.63) is 59.4 Å². The van der Waals surface area contributed by atoms with Crippen molar-refractivity contribution in [2.75, 3.05) is 0 Å². The zero-order valence-electron chi connectivity index (χ0n) is 12.6. The summed E-state index contributed by atoms with van der Waals surface area (Å²) in [6, 6.07) is 12.7. The third-order valence-electron chi connectivity index (χ3n) is 2.50. The average Bonchev–Trinajstić information content (AvgIpc) is 2.84. The van der Waals surface area contributed by atoms with Gasteiger partial charge in [0.15, 0.2) is 0 Å². The molecule has 1 aromatic carbocycles. The van der Waals surface area contributed by atoms with Crippen molar-refractivity contribution >= 4 is 0 Å². The minimum Gasteiger partial charge on any atom is -0.365 e. The number of H-pyrrole nitrogens is 1. The molecule has 0 aliphatic carbocycles. The summed E-state index contributed by atoms with van der Waals surface area (Å²) in [4.78, 5) is 3.00. The molecule has 0 fully saturated rings. The molecule has 18 heavy (non-hydrogen) atoms. The molecule has 1 nitrogen and oxygen atoms in total. The molecule has 0 aliphatic rings. The van der Waals surface area contributed by atoms with Crippen LogP contribution in [0.5, 0.6) is 0 Å². The molecule has 1 heterocycles. The van der Waals surface area contributed by atoms with Gasteiger partial charge < -0.3 is 4.98 Å². The molecule has 0 aliphatic heterocycles. The normalized spacial score (nSPS) is 9.06. The molecular formula is C17H27N. The molecule has 0 saturated carbocycles. The largest absolute Gasteiger partial charge is 0.365 e. The molecule has 2 rings (SSSR count). The maximum atomic E-state index is 3.00. The standard InChI is InChI=1S/C10H14.C5H7N.C2H6/c1-8(2)10-6-4-9(3)5-7-10;1-5-3-2-4-6-5;1-2/h4-8H,1-3H3;2-4,6H,1H3;1-2H3. The number of rotatable bonds is 1. The Morgan fingerprint density at radius 2 is 1.44 bits per heavy atom. The molecule has 100 valence electrons. The van der Waals surface area contributed by atoms with Crippen LogP contribution >= 0.6 is 0 Å². The van der Waals surface area contributed by atoms with Crippen LogP contribution in [0.2, 0.25) is 0 Å². The number of nitrogens with one attached hydrogen (secondary N) is 1. The quantitative estimate of drug-likeness (QED) is 0.686. The summed E-state index contributed by atoms with van der Waals surface area (Å²) in [5.41, 5.74) is 3.98. The molecule has 0 saturated heterocycles. The highest BCUT2D eigenvalue weighted by Crippen LogP contribution is 2.13. The van der Waals surface area contributed by atoms with E-state index in [4.69, 9.17) is 0 Å². The van der Waals surface area contributed by atoms with Gasteiger partial charge in [-0.2, -0.15) is 0 Å². The van der Waals surface area contributed by atoms with Crippen molar-refractivity contribution in [3.63, 3.8) is 0 Å². The van der Waals surface area contributed by atoms with Crippen LogP contribution in [-0.2, 0) is 0 Å². The number of hydrogen-bond acceptors (Lipinski definition) is 0. The second-order valence-corrected chi connectivity index (χ2v) is 4.42. The van der Waals surface area contributed by atoms with Crippen molar-refractivity contribution in [1.29, 1.82) is 0 Å². The molecule has 0 unspecified atom stereocenters. The Morgan fingerprint density at radius 1 is 0.889 bits per heavy atom. The van der Waals surface area contributed by atoms with Gasteiger partial charge in [-0.1, -0.05) is 57.5 Å². The van der Waals surface area contributed by atoms with E-state index in [9.17, 15) is 0 Å². The SMILES string of the molecule is CC.Cc1ccc(C(C)C)cc1.Cc1ccc[nH]1. The van der Waals surface area contributed by atoms with Gasteiger partial charge in [0.05, 0.1) is 0 Å². The highest BCUT2D eigenvalue weighted by Gasteiger charge is 1.95. The lowest BCUT2D eigenvalue weighted by molar-refractivity contribution is 0.866. The molecule has 1 heteroatoms. The third kappa shape index (κ3) is 6.95. The first-order valence-electron chi connectivity index (χ1n) is 6.76. The van der Waals surface area contributed by atoms with E-state index >= 15 is 0 Å². The van der Waals surface area contributed by atoms with Crippen LogP contribution < -0.4 is 0 Å². The zero-order chi connectivity index (χ0) is 14.0. The van der Waals surface area contributed by atoms with Crippen molar-refractivity contribution in [2.45, 2.75) is 47.5 Å². The van der Waals surface area contributed by atoms with E-state index < -0.39 is 0 Å². The van der Waals surface area contributed by atoms with Crippen LogP contribution in [0.1, 0.15) is 50.4 Å². The van der Waals surface area contributed by atoms with E-state index in [1.54, 1.807) is 0 Å². The lowest BCUT2D eigenvalue weighted by atomic mass is 10.0. The summed E-state index contributed by atoms with van der Waals surface area (Å²) in [5, 5.41) is 0. The predicted octanol–water partition coefficient (Wildman–Crippen LogP) is 5.47. The molecule has 0 bridgehead atoms. The fraction of sp³-hybridized carbons (Fsp3) is 0.412. The lowest BCUT2D eigenvalue weighted by Crippen LogP contribution is -1.85. The van der Waals surface area contributed by atoms with Gasteiger partial charge in [0.25, 0.3) is 0 Å². The summed E-state index contributed by atoms with van der Waals surface area (Å²) >= 11 is 0. The van der Waals surface area contributed by atoms with Crippen LogP contribution in [0.25, 0.3) is 0 Å². The van der Waals surface area contributed by atoms with Gasteiger partial charge in [-0.25, -0.2) is 0 Å². The Morgan fingerprint density at radius 3 is 1.72 bits per heavy atom. The molecule has 0 atom stereocenters. The van der Waals surface area contributed by atoms with E-state index in [-0.39, 0.29) is 0 Å². The van der Waals surface area contributed by atoms with Crippen molar-refractivity contribution in [3.8, 4) is 0 Å². The van der Waals surface area contributed by atoms with Crippen LogP contribution in [-0.4, -0.2) is 4.98 Å². The lowest BCUT2D eigenvalue weighted by Gasteiger charge is -2.03. The van der Waals surface area contributed by atoms with Crippen LogP contribution in [0, 0.1) is 13.8 Å². The maximum absolute atomic E-state index is 3.00. The first kappa shape index (κ1) is 16.5.